The van der Waals surface area contributed by atoms with Crippen LogP contribution in [0.15, 0.2) is 36.5 Å². The number of aryl methyl sites for hydroxylation is 2. The second-order valence-corrected chi connectivity index (χ2v) is 5.58. The van der Waals surface area contributed by atoms with Crippen LogP contribution < -0.4 is 10.2 Å². The highest BCUT2D eigenvalue weighted by Gasteiger charge is 2.09. The molecule has 112 valence electrons. The van der Waals surface area contributed by atoms with E-state index in [1.807, 2.05) is 13.1 Å². The van der Waals surface area contributed by atoms with Crippen molar-refractivity contribution in [2.45, 2.75) is 33.9 Å². The first-order valence-corrected chi connectivity index (χ1v) is 7.53. The number of hydrogen-bond acceptors (Lipinski definition) is 3. The second kappa shape index (κ2) is 7.23. The van der Waals surface area contributed by atoms with Crippen LogP contribution in [0.2, 0.25) is 0 Å². The highest BCUT2D eigenvalue weighted by molar-refractivity contribution is 5.53. The Morgan fingerprint density at radius 1 is 1.14 bits per heavy atom. The van der Waals surface area contributed by atoms with Gasteiger partial charge in [-0.25, -0.2) is 0 Å². The largest absolute Gasteiger partial charge is 0.370 e. The zero-order chi connectivity index (χ0) is 15.2. The molecule has 0 aliphatic carbocycles. The van der Waals surface area contributed by atoms with E-state index in [9.17, 15) is 0 Å². The van der Waals surface area contributed by atoms with Gasteiger partial charge >= 0.3 is 0 Å². The standard InChI is InChI=1S/C18H25N3/c1-5-19-11-17-12-20-15(3)10-18(17)21(4)13-16-8-6-14(2)7-9-16/h6-10,12,19H,5,11,13H2,1-4H3. The molecule has 1 aromatic carbocycles. The summed E-state index contributed by atoms with van der Waals surface area (Å²) in [6.45, 7) is 9.01. The predicted molar refractivity (Wildman–Crippen MR) is 89.6 cm³/mol. The Morgan fingerprint density at radius 3 is 2.52 bits per heavy atom. The van der Waals surface area contributed by atoms with E-state index < -0.39 is 0 Å². The molecule has 0 amide bonds. The van der Waals surface area contributed by atoms with Crippen molar-refractivity contribution in [1.29, 1.82) is 0 Å². The van der Waals surface area contributed by atoms with E-state index in [-0.39, 0.29) is 0 Å². The van der Waals surface area contributed by atoms with Crippen molar-refractivity contribution < 1.29 is 0 Å². The van der Waals surface area contributed by atoms with Crippen LogP contribution >= 0.6 is 0 Å². The molecule has 21 heavy (non-hydrogen) atoms. The number of benzene rings is 1. The summed E-state index contributed by atoms with van der Waals surface area (Å²) in [7, 11) is 2.14. The molecule has 0 spiro atoms. The lowest BCUT2D eigenvalue weighted by molar-refractivity contribution is 0.720. The summed E-state index contributed by atoms with van der Waals surface area (Å²) in [5.74, 6) is 0. The van der Waals surface area contributed by atoms with E-state index in [0.29, 0.717) is 0 Å². The average molecular weight is 283 g/mol. The van der Waals surface area contributed by atoms with Gasteiger partial charge in [-0.15, -0.1) is 0 Å². The van der Waals surface area contributed by atoms with Crippen molar-refractivity contribution in [1.82, 2.24) is 10.3 Å². The van der Waals surface area contributed by atoms with E-state index >= 15 is 0 Å². The zero-order valence-corrected chi connectivity index (χ0v) is 13.5. The van der Waals surface area contributed by atoms with Crippen molar-refractivity contribution in [2.24, 2.45) is 0 Å². The molecule has 0 aliphatic heterocycles. The van der Waals surface area contributed by atoms with Crippen molar-refractivity contribution in [3.8, 4) is 0 Å². The second-order valence-electron chi connectivity index (χ2n) is 5.58. The summed E-state index contributed by atoms with van der Waals surface area (Å²) in [5, 5.41) is 3.38. The van der Waals surface area contributed by atoms with Gasteiger partial charge in [0.25, 0.3) is 0 Å². The molecule has 1 aromatic heterocycles. The van der Waals surface area contributed by atoms with Gasteiger partial charge in [-0.2, -0.15) is 0 Å². The molecule has 2 aromatic rings. The van der Waals surface area contributed by atoms with Gasteiger partial charge in [0.2, 0.25) is 0 Å². The van der Waals surface area contributed by atoms with Gasteiger partial charge in [-0.1, -0.05) is 36.8 Å². The Kier molecular flexibility index (Phi) is 5.34. The van der Waals surface area contributed by atoms with Crippen molar-refractivity contribution in [3.63, 3.8) is 0 Å². The SMILES string of the molecule is CCNCc1cnc(C)cc1N(C)Cc1ccc(C)cc1. The topological polar surface area (TPSA) is 28.2 Å². The summed E-state index contributed by atoms with van der Waals surface area (Å²) in [6.07, 6.45) is 1.99. The molecule has 1 heterocycles. The van der Waals surface area contributed by atoms with Gasteiger partial charge in [0.1, 0.15) is 0 Å². The Labute approximate surface area is 128 Å². The first-order chi connectivity index (χ1) is 10.1. The van der Waals surface area contributed by atoms with Crippen LogP contribution in [0.25, 0.3) is 0 Å². The van der Waals surface area contributed by atoms with Gasteiger partial charge in [0, 0.05) is 43.3 Å². The van der Waals surface area contributed by atoms with Gasteiger partial charge in [0.05, 0.1) is 0 Å². The van der Waals surface area contributed by atoms with Crippen LogP contribution in [0.4, 0.5) is 5.69 Å². The maximum Gasteiger partial charge on any atom is 0.0445 e. The lowest BCUT2D eigenvalue weighted by atomic mass is 10.1. The average Bonchev–Trinajstić information content (AvgIpc) is 2.48. The van der Waals surface area contributed by atoms with Crippen molar-refractivity contribution >= 4 is 5.69 Å². The lowest BCUT2D eigenvalue weighted by Gasteiger charge is -2.23. The molecule has 0 radical (unpaired) electrons. The molecule has 0 saturated carbocycles. The summed E-state index contributed by atoms with van der Waals surface area (Å²) < 4.78 is 0. The van der Waals surface area contributed by atoms with Crippen molar-refractivity contribution in [3.05, 3.63) is 58.9 Å². The Morgan fingerprint density at radius 2 is 1.86 bits per heavy atom. The molecule has 0 atom stereocenters. The Balaban J connectivity index is 2.18. The van der Waals surface area contributed by atoms with E-state index in [4.69, 9.17) is 0 Å². The third kappa shape index (κ3) is 4.30. The fourth-order valence-electron chi connectivity index (χ4n) is 2.38. The number of anilines is 1. The first kappa shape index (κ1) is 15.5. The fraction of sp³-hybridized carbons (Fsp3) is 0.389. The fourth-order valence-corrected chi connectivity index (χ4v) is 2.38. The molecule has 0 bridgehead atoms. The third-order valence-electron chi connectivity index (χ3n) is 3.62. The molecule has 0 fully saturated rings. The Hall–Kier alpha value is -1.87. The van der Waals surface area contributed by atoms with Crippen LogP contribution in [0.3, 0.4) is 0 Å². The number of hydrogen-bond donors (Lipinski definition) is 1. The molecular formula is C18H25N3. The molecule has 2 rings (SSSR count). The molecule has 0 saturated heterocycles. The normalized spacial score (nSPS) is 10.7. The molecular weight excluding hydrogens is 258 g/mol. The van der Waals surface area contributed by atoms with Crippen molar-refractivity contribution in [2.75, 3.05) is 18.5 Å². The van der Waals surface area contributed by atoms with E-state index in [1.54, 1.807) is 0 Å². The number of pyridine rings is 1. The minimum absolute atomic E-state index is 0.858. The molecule has 1 N–H and O–H groups in total. The molecule has 0 aliphatic rings. The zero-order valence-electron chi connectivity index (χ0n) is 13.5. The van der Waals surface area contributed by atoms with Crippen LogP contribution in [0.5, 0.6) is 0 Å². The van der Waals surface area contributed by atoms with Crippen LogP contribution in [-0.2, 0) is 13.1 Å². The first-order valence-electron chi connectivity index (χ1n) is 7.53. The van der Waals surface area contributed by atoms with Crippen LogP contribution in [0.1, 0.15) is 29.3 Å². The van der Waals surface area contributed by atoms with E-state index in [0.717, 1.165) is 25.3 Å². The van der Waals surface area contributed by atoms with Crippen LogP contribution in [-0.4, -0.2) is 18.6 Å². The number of nitrogens with one attached hydrogen (secondary N) is 1. The summed E-state index contributed by atoms with van der Waals surface area (Å²) in [5.41, 5.74) is 6.18. The van der Waals surface area contributed by atoms with E-state index in [2.05, 4.69) is 66.4 Å². The number of aromatic nitrogens is 1. The van der Waals surface area contributed by atoms with Gasteiger partial charge in [-0.05, 0) is 32.0 Å². The van der Waals surface area contributed by atoms with Gasteiger partial charge < -0.3 is 10.2 Å². The lowest BCUT2D eigenvalue weighted by Crippen LogP contribution is -2.21. The number of nitrogens with zero attached hydrogens (tertiary/aromatic N) is 2. The smallest absolute Gasteiger partial charge is 0.0445 e. The van der Waals surface area contributed by atoms with Gasteiger partial charge in [0.15, 0.2) is 0 Å². The number of rotatable bonds is 6. The molecule has 0 unspecified atom stereocenters. The summed E-state index contributed by atoms with van der Waals surface area (Å²) in [6, 6.07) is 10.9. The van der Waals surface area contributed by atoms with E-state index in [1.165, 1.54) is 22.4 Å². The van der Waals surface area contributed by atoms with Gasteiger partial charge in [-0.3, -0.25) is 4.98 Å². The van der Waals surface area contributed by atoms with Crippen LogP contribution in [0, 0.1) is 13.8 Å². The monoisotopic (exact) mass is 283 g/mol. The third-order valence-corrected chi connectivity index (χ3v) is 3.62. The quantitative estimate of drug-likeness (QED) is 0.880. The predicted octanol–water partition coefficient (Wildman–Crippen LogP) is 3.44. The highest BCUT2D eigenvalue weighted by atomic mass is 15.1. The maximum absolute atomic E-state index is 4.43. The minimum atomic E-state index is 0.858. The molecule has 3 nitrogen and oxygen atoms in total. The summed E-state index contributed by atoms with van der Waals surface area (Å²) >= 11 is 0. The Bertz CT molecular complexity index is 576. The maximum atomic E-state index is 4.43. The summed E-state index contributed by atoms with van der Waals surface area (Å²) in [4.78, 5) is 6.72. The highest BCUT2D eigenvalue weighted by Crippen LogP contribution is 2.21. The minimum Gasteiger partial charge on any atom is -0.370 e. The molecule has 3 heteroatoms.